The first-order chi connectivity index (χ1) is 5.84. The van der Waals surface area contributed by atoms with Crippen molar-refractivity contribution in [3.8, 4) is 0 Å². The van der Waals surface area contributed by atoms with Crippen LogP contribution in [-0.2, 0) is 5.41 Å². The molecule has 0 fully saturated rings. The minimum atomic E-state index is 0.0973. The molecule has 1 N–H and O–H groups in total. The Morgan fingerprint density at radius 3 is 2.08 bits per heavy atom. The van der Waals surface area contributed by atoms with Gasteiger partial charge in [-0.15, -0.1) is 0 Å². The predicted octanol–water partition coefficient (Wildman–Crippen LogP) is 2.54. The number of rotatable bonds is 1. The molecule has 0 saturated carbocycles. The van der Waals surface area contributed by atoms with E-state index in [1.807, 2.05) is 19.0 Å². The van der Waals surface area contributed by atoms with Crippen molar-refractivity contribution in [1.29, 1.82) is 0 Å². The predicted molar refractivity (Wildman–Crippen MR) is 59.3 cm³/mol. The molecule has 0 radical (unpaired) electrons. The summed E-state index contributed by atoms with van der Waals surface area (Å²) in [5.74, 6) is 0.949. The van der Waals surface area contributed by atoms with E-state index in [2.05, 4.69) is 46.9 Å². The Bertz CT molecular complexity index is 296. The lowest BCUT2D eigenvalue weighted by atomic mass is 9.92. The lowest BCUT2D eigenvalue weighted by Crippen LogP contribution is -2.13. The van der Waals surface area contributed by atoms with Crippen molar-refractivity contribution < 1.29 is 0 Å². The number of nitrogens with zero attached hydrogens (tertiary/aromatic N) is 2. The number of aromatic amines is 1. The Kier molecular flexibility index (Phi) is 2.71. The van der Waals surface area contributed by atoms with Crippen LogP contribution >= 0.6 is 15.9 Å². The fourth-order valence-corrected chi connectivity index (χ4v) is 2.24. The lowest BCUT2D eigenvalue weighted by molar-refractivity contribution is 0.564. The highest BCUT2D eigenvalue weighted by molar-refractivity contribution is 9.10. The second kappa shape index (κ2) is 3.33. The minimum Gasteiger partial charge on any atom is -0.360 e. The van der Waals surface area contributed by atoms with E-state index in [0.717, 1.165) is 16.0 Å². The van der Waals surface area contributed by atoms with Crippen LogP contribution < -0.4 is 4.90 Å². The lowest BCUT2D eigenvalue weighted by Gasteiger charge is -2.17. The van der Waals surface area contributed by atoms with Crippen molar-refractivity contribution in [2.24, 2.45) is 0 Å². The molecule has 1 heterocycles. The van der Waals surface area contributed by atoms with E-state index >= 15 is 0 Å². The molecule has 0 saturated heterocycles. The Morgan fingerprint density at radius 1 is 1.31 bits per heavy atom. The summed E-state index contributed by atoms with van der Waals surface area (Å²) in [6, 6.07) is 0. The van der Waals surface area contributed by atoms with E-state index in [1.54, 1.807) is 0 Å². The van der Waals surface area contributed by atoms with Crippen LogP contribution in [0.4, 0.5) is 5.82 Å². The molecule has 0 aliphatic heterocycles. The van der Waals surface area contributed by atoms with Crippen LogP contribution in [0.2, 0.25) is 0 Å². The molecular formula is C9H16BrN3. The maximum absolute atomic E-state index is 4.24. The Hall–Kier alpha value is -0.510. The van der Waals surface area contributed by atoms with E-state index in [1.165, 1.54) is 0 Å². The van der Waals surface area contributed by atoms with Gasteiger partial charge in [0.25, 0.3) is 0 Å². The first kappa shape index (κ1) is 10.6. The van der Waals surface area contributed by atoms with E-state index in [0.29, 0.717) is 0 Å². The van der Waals surface area contributed by atoms with Crippen molar-refractivity contribution in [3.63, 3.8) is 0 Å². The summed E-state index contributed by atoms with van der Waals surface area (Å²) in [5, 5.41) is 7.29. The van der Waals surface area contributed by atoms with Gasteiger partial charge < -0.3 is 4.90 Å². The second-order valence-corrected chi connectivity index (χ2v) is 5.17. The Balaban J connectivity index is 3.14. The van der Waals surface area contributed by atoms with Crippen molar-refractivity contribution in [3.05, 3.63) is 10.2 Å². The molecule has 1 aromatic heterocycles. The van der Waals surface area contributed by atoms with Gasteiger partial charge in [0.2, 0.25) is 0 Å². The van der Waals surface area contributed by atoms with Gasteiger partial charge >= 0.3 is 0 Å². The summed E-state index contributed by atoms with van der Waals surface area (Å²) in [6.07, 6.45) is 0. The Labute approximate surface area is 87.6 Å². The standard InChI is InChI=1S/C9H16BrN3/c1-9(2,3)7-6(10)8(12-11-7)13(4)5/h1-5H3,(H,11,12). The van der Waals surface area contributed by atoms with Crippen LogP contribution in [-0.4, -0.2) is 24.3 Å². The molecule has 0 amide bonds. The molecule has 1 rings (SSSR count). The summed E-state index contributed by atoms with van der Waals surface area (Å²) >= 11 is 3.55. The van der Waals surface area contributed by atoms with Crippen molar-refractivity contribution in [2.45, 2.75) is 26.2 Å². The van der Waals surface area contributed by atoms with Gasteiger partial charge in [0.1, 0.15) is 0 Å². The van der Waals surface area contributed by atoms with E-state index in [9.17, 15) is 0 Å². The van der Waals surface area contributed by atoms with Gasteiger partial charge in [-0.25, -0.2) is 0 Å². The topological polar surface area (TPSA) is 31.9 Å². The van der Waals surface area contributed by atoms with Gasteiger partial charge in [0.05, 0.1) is 10.2 Å². The first-order valence-corrected chi connectivity index (χ1v) is 5.05. The molecule has 13 heavy (non-hydrogen) atoms. The minimum absolute atomic E-state index is 0.0973. The summed E-state index contributed by atoms with van der Waals surface area (Å²) in [5.41, 5.74) is 1.23. The monoisotopic (exact) mass is 245 g/mol. The van der Waals surface area contributed by atoms with Crippen LogP contribution in [0.5, 0.6) is 0 Å². The van der Waals surface area contributed by atoms with Gasteiger partial charge in [-0.05, 0) is 15.9 Å². The van der Waals surface area contributed by atoms with Gasteiger partial charge in [-0.3, -0.25) is 5.10 Å². The average Bonchev–Trinajstić information content (AvgIpc) is 2.28. The summed E-state index contributed by atoms with van der Waals surface area (Å²) in [6.45, 7) is 6.47. The molecule has 0 aromatic carbocycles. The SMILES string of the molecule is CN(C)c1n[nH]c(C(C)(C)C)c1Br. The van der Waals surface area contributed by atoms with E-state index < -0.39 is 0 Å². The third-order valence-electron chi connectivity index (χ3n) is 1.86. The fourth-order valence-electron chi connectivity index (χ4n) is 1.11. The molecular weight excluding hydrogens is 230 g/mol. The summed E-state index contributed by atoms with van der Waals surface area (Å²) in [4.78, 5) is 1.98. The number of H-pyrrole nitrogens is 1. The van der Waals surface area contributed by atoms with Crippen LogP contribution in [0.1, 0.15) is 26.5 Å². The number of hydrogen-bond acceptors (Lipinski definition) is 2. The highest BCUT2D eigenvalue weighted by Gasteiger charge is 2.22. The molecule has 0 aliphatic carbocycles. The zero-order valence-corrected chi connectivity index (χ0v) is 10.4. The zero-order chi connectivity index (χ0) is 10.2. The zero-order valence-electron chi connectivity index (χ0n) is 8.77. The summed E-state index contributed by atoms with van der Waals surface area (Å²) in [7, 11) is 3.96. The quantitative estimate of drug-likeness (QED) is 0.825. The molecule has 0 atom stereocenters. The van der Waals surface area contributed by atoms with Gasteiger partial charge in [-0.1, -0.05) is 20.8 Å². The molecule has 4 heteroatoms. The third kappa shape index (κ3) is 2.05. The highest BCUT2D eigenvalue weighted by Crippen LogP contribution is 2.33. The van der Waals surface area contributed by atoms with Crippen molar-refractivity contribution in [1.82, 2.24) is 10.2 Å². The molecule has 0 bridgehead atoms. The molecule has 3 nitrogen and oxygen atoms in total. The highest BCUT2D eigenvalue weighted by atomic mass is 79.9. The van der Waals surface area contributed by atoms with Gasteiger partial charge in [-0.2, -0.15) is 5.10 Å². The largest absolute Gasteiger partial charge is 0.360 e. The van der Waals surface area contributed by atoms with Crippen LogP contribution in [0.3, 0.4) is 0 Å². The maximum Gasteiger partial charge on any atom is 0.164 e. The second-order valence-electron chi connectivity index (χ2n) is 4.38. The van der Waals surface area contributed by atoms with E-state index in [4.69, 9.17) is 0 Å². The Morgan fingerprint density at radius 2 is 1.85 bits per heavy atom. The first-order valence-electron chi connectivity index (χ1n) is 4.25. The van der Waals surface area contributed by atoms with Gasteiger partial charge in [0, 0.05) is 19.5 Å². The molecule has 0 spiro atoms. The van der Waals surface area contributed by atoms with E-state index in [-0.39, 0.29) is 5.41 Å². The van der Waals surface area contributed by atoms with Crippen molar-refractivity contribution >= 4 is 21.7 Å². The number of halogens is 1. The molecule has 1 aromatic rings. The third-order valence-corrected chi connectivity index (χ3v) is 2.61. The maximum atomic E-state index is 4.24. The fraction of sp³-hybridized carbons (Fsp3) is 0.667. The number of hydrogen-bond donors (Lipinski definition) is 1. The smallest absolute Gasteiger partial charge is 0.164 e. The summed E-state index contributed by atoms with van der Waals surface area (Å²) < 4.78 is 1.06. The van der Waals surface area contributed by atoms with Gasteiger partial charge in [0.15, 0.2) is 5.82 Å². The van der Waals surface area contributed by atoms with Crippen molar-refractivity contribution in [2.75, 3.05) is 19.0 Å². The van der Waals surface area contributed by atoms with Crippen LogP contribution in [0.15, 0.2) is 4.47 Å². The molecule has 74 valence electrons. The number of nitrogens with one attached hydrogen (secondary N) is 1. The van der Waals surface area contributed by atoms with Crippen LogP contribution in [0, 0.1) is 0 Å². The number of aromatic nitrogens is 2. The molecule has 0 unspecified atom stereocenters. The molecule has 0 aliphatic rings. The van der Waals surface area contributed by atoms with Crippen LogP contribution in [0.25, 0.3) is 0 Å². The number of anilines is 1. The normalized spacial score (nSPS) is 11.8. The average molecular weight is 246 g/mol.